The van der Waals surface area contributed by atoms with E-state index in [2.05, 4.69) is 4.98 Å². The van der Waals surface area contributed by atoms with Crippen LogP contribution in [0.25, 0.3) is 6.20 Å². The number of rotatable bonds is 1. The molecule has 0 atom stereocenters. The van der Waals surface area contributed by atoms with Gasteiger partial charge in [0.25, 0.3) is 5.91 Å². The fraction of sp³-hybridized carbons (Fsp3) is 0.300. The molecule has 1 aromatic rings. The molecule has 1 amide bonds. The second-order valence-electron chi connectivity index (χ2n) is 4.06. The molecule has 3 heterocycles. The van der Waals surface area contributed by atoms with E-state index in [0.717, 1.165) is 4.57 Å². The molecule has 0 saturated carbocycles. The van der Waals surface area contributed by atoms with Crippen LogP contribution in [0.15, 0.2) is 11.1 Å². The lowest BCUT2D eigenvalue weighted by Gasteiger charge is -2.41. The monoisotopic (exact) mass is 251 g/mol. The Labute approximate surface area is 100 Å². The maximum absolute atomic E-state index is 11.9. The zero-order chi connectivity index (χ0) is 12.9. The summed E-state index contributed by atoms with van der Waals surface area (Å²) in [4.78, 5) is 27.0. The van der Waals surface area contributed by atoms with Crippen LogP contribution in [0.1, 0.15) is 16.3 Å². The highest BCUT2D eigenvalue weighted by molar-refractivity contribution is 5.93. The van der Waals surface area contributed by atoms with Gasteiger partial charge in [-0.1, -0.05) is 0 Å². The second-order valence-corrected chi connectivity index (χ2v) is 4.06. The van der Waals surface area contributed by atoms with Crippen LogP contribution in [0, 0.1) is 0 Å². The minimum atomic E-state index is -0.974. The van der Waals surface area contributed by atoms with E-state index >= 15 is 0 Å². The number of amides is 1. The molecule has 0 aromatic carbocycles. The van der Waals surface area contributed by atoms with Crippen molar-refractivity contribution in [2.24, 2.45) is 5.73 Å². The van der Waals surface area contributed by atoms with Crippen LogP contribution in [0.4, 0.5) is 0 Å². The highest BCUT2D eigenvalue weighted by Gasteiger charge is 2.48. The maximum Gasteiger partial charge on any atom is 0.300 e. The number of nitrogens with zero attached hydrogens (tertiary/aromatic N) is 2. The van der Waals surface area contributed by atoms with Gasteiger partial charge in [-0.25, -0.2) is 4.98 Å². The van der Waals surface area contributed by atoms with Crippen molar-refractivity contribution in [3.05, 3.63) is 28.1 Å². The van der Waals surface area contributed by atoms with Crippen LogP contribution >= 0.6 is 0 Å². The van der Waals surface area contributed by atoms with Crippen molar-refractivity contribution in [2.45, 2.75) is 5.60 Å². The standard InChI is InChI=1S/C10H9N3O5/c11-7(15)5-6(14)8(16)13-1-2-18-10(3-17-4-10)9(13)12-5/h1-2,14H,3-4H2,(H2,11,15). The third-order valence-corrected chi connectivity index (χ3v) is 2.91. The van der Waals surface area contributed by atoms with Crippen LogP contribution in [0.5, 0.6) is 5.75 Å². The van der Waals surface area contributed by atoms with Crippen molar-refractivity contribution < 1.29 is 19.4 Å². The van der Waals surface area contributed by atoms with Gasteiger partial charge in [0.1, 0.15) is 6.26 Å². The highest BCUT2D eigenvalue weighted by Crippen LogP contribution is 2.35. The highest BCUT2D eigenvalue weighted by atomic mass is 16.6. The first-order valence-corrected chi connectivity index (χ1v) is 5.13. The van der Waals surface area contributed by atoms with Crippen molar-refractivity contribution in [1.82, 2.24) is 9.55 Å². The fourth-order valence-corrected chi connectivity index (χ4v) is 1.91. The summed E-state index contributed by atoms with van der Waals surface area (Å²) in [5, 5.41) is 9.58. The number of fused-ring (bicyclic) bond motifs is 2. The van der Waals surface area contributed by atoms with Gasteiger partial charge in [0, 0.05) is 6.20 Å². The Hall–Kier alpha value is -2.35. The number of carbonyl (C=O) groups is 1. The Morgan fingerprint density at radius 2 is 2.28 bits per heavy atom. The summed E-state index contributed by atoms with van der Waals surface area (Å²) < 4.78 is 11.6. The van der Waals surface area contributed by atoms with Crippen LogP contribution in [0.3, 0.4) is 0 Å². The molecule has 1 aromatic heterocycles. The number of hydrogen-bond acceptors (Lipinski definition) is 6. The summed E-state index contributed by atoms with van der Waals surface area (Å²) in [6, 6.07) is 0. The largest absolute Gasteiger partial charge is 0.501 e. The molecular formula is C10H9N3O5. The van der Waals surface area contributed by atoms with Gasteiger partial charge in [0.05, 0.1) is 13.2 Å². The first-order chi connectivity index (χ1) is 8.55. The van der Waals surface area contributed by atoms with Gasteiger partial charge in [0.2, 0.25) is 11.4 Å². The summed E-state index contributed by atoms with van der Waals surface area (Å²) in [6.07, 6.45) is 2.64. The second kappa shape index (κ2) is 3.33. The summed E-state index contributed by atoms with van der Waals surface area (Å²) in [7, 11) is 0. The summed E-state index contributed by atoms with van der Waals surface area (Å²) in [5.74, 6) is -1.54. The molecule has 1 spiro atoms. The molecule has 18 heavy (non-hydrogen) atoms. The van der Waals surface area contributed by atoms with E-state index < -0.39 is 28.5 Å². The number of carbonyl (C=O) groups excluding carboxylic acids is 1. The molecule has 94 valence electrons. The minimum Gasteiger partial charge on any atom is -0.501 e. The third kappa shape index (κ3) is 1.20. The predicted molar refractivity (Wildman–Crippen MR) is 57.6 cm³/mol. The van der Waals surface area contributed by atoms with Crippen molar-refractivity contribution in [1.29, 1.82) is 0 Å². The molecule has 3 rings (SSSR count). The van der Waals surface area contributed by atoms with Crippen molar-refractivity contribution in [2.75, 3.05) is 13.2 Å². The van der Waals surface area contributed by atoms with Gasteiger partial charge in [-0.15, -0.1) is 0 Å². The van der Waals surface area contributed by atoms with Crippen molar-refractivity contribution >= 4 is 12.1 Å². The minimum absolute atomic E-state index is 0.202. The van der Waals surface area contributed by atoms with E-state index in [9.17, 15) is 14.7 Å². The molecule has 8 heteroatoms. The molecule has 0 unspecified atom stereocenters. The maximum atomic E-state index is 11.9. The van der Waals surface area contributed by atoms with E-state index in [1.54, 1.807) is 0 Å². The summed E-state index contributed by atoms with van der Waals surface area (Å²) in [5.41, 5.74) is 2.96. The van der Waals surface area contributed by atoms with Crippen LogP contribution < -0.4 is 11.3 Å². The van der Waals surface area contributed by atoms with Gasteiger partial charge < -0.3 is 20.3 Å². The zero-order valence-electron chi connectivity index (χ0n) is 9.12. The molecule has 3 N–H and O–H groups in total. The van der Waals surface area contributed by atoms with Gasteiger partial charge in [-0.2, -0.15) is 0 Å². The topological polar surface area (TPSA) is 117 Å². The SMILES string of the molecule is NC(=O)c1nc2n(c(=O)c1O)C=COC21COC1. The smallest absolute Gasteiger partial charge is 0.300 e. The molecule has 2 aliphatic heterocycles. The van der Waals surface area contributed by atoms with Crippen LogP contribution in [0.2, 0.25) is 0 Å². The Kier molecular flexibility index (Phi) is 1.99. The Bertz CT molecular complexity index is 629. The lowest BCUT2D eigenvalue weighted by molar-refractivity contribution is -0.196. The molecule has 0 radical (unpaired) electrons. The van der Waals surface area contributed by atoms with Crippen LogP contribution in [-0.4, -0.2) is 33.8 Å². The van der Waals surface area contributed by atoms with Gasteiger partial charge in [-0.3, -0.25) is 14.2 Å². The predicted octanol–water partition coefficient (Wildman–Crippen LogP) is -1.27. The van der Waals surface area contributed by atoms with E-state index in [-0.39, 0.29) is 19.0 Å². The van der Waals surface area contributed by atoms with Gasteiger partial charge >= 0.3 is 5.56 Å². The lowest BCUT2D eigenvalue weighted by Crippen LogP contribution is -2.53. The average Bonchev–Trinajstić information content (AvgIpc) is 2.30. The molecule has 0 bridgehead atoms. The van der Waals surface area contributed by atoms with Crippen molar-refractivity contribution in [3.63, 3.8) is 0 Å². The quantitative estimate of drug-likeness (QED) is 0.642. The van der Waals surface area contributed by atoms with E-state index in [1.165, 1.54) is 12.5 Å². The van der Waals surface area contributed by atoms with Gasteiger partial charge in [0.15, 0.2) is 11.5 Å². The molecule has 2 aliphatic rings. The lowest BCUT2D eigenvalue weighted by atomic mass is 9.99. The molecular weight excluding hydrogens is 242 g/mol. The molecule has 1 saturated heterocycles. The number of ether oxygens (including phenoxy) is 2. The molecule has 0 aliphatic carbocycles. The Balaban J connectivity index is 2.31. The van der Waals surface area contributed by atoms with E-state index in [4.69, 9.17) is 15.2 Å². The van der Waals surface area contributed by atoms with Crippen LogP contribution in [-0.2, 0) is 15.1 Å². The number of primary amides is 1. The Morgan fingerprint density at radius 1 is 1.56 bits per heavy atom. The number of aromatic nitrogens is 2. The molecule has 8 nitrogen and oxygen atoms in total. The normalized spacial score (nSPS) is 18.9. The average molecular weight is 251 g/mol. The summed E-state index contributed by atoms with van der Waals surface area (Å²) in [6.45, 7) is 0.430. The van der Waals surface area contributed by atoms with Crippen molar-refractivity contribution in [3.8, 4) is 5.75 Å². The Morgan fingerprint density at radius 3 is 2.83 bits per heavy atom. The van der Waals surface area contributed by atoms with Gasteiger partial charge in [-0.05, 0) is 0 Å². The first-order valence-electron chi connectivity index (χ1n) is 5.13. The summed E-state index contributed by atoms with van der Waals surface area (Å²) >= 11 is 0. The number of nitrogens with two attached hydrogens (primary N) is 1. The van der Waals surface area contributed by atoms with E-state index in [1.807, 2.05) is 0 Å². The fourth-order valence-electron chi connectivity index (χ4n) is 1.91. The molecule has 1 fully saturated rings. The number of hydrogen-bond donors (Lipinski definition) is 2. The van der Waals surface area contributed by atoms with E-state index in [0.29, 0.717) is 0 Å². The third-order valence-electron chi connectivity index (χ3n) is 2.91. The zero-order valence-corrected chi connectivity index (χ0v) is 9.12. The number of aromatic hydroxyl groups is 1. The first kappa shape index (κ1) is 10.8.